The van der Waals surface area contributed by atoms with Crippen LogP contribution < -0.4 is 0 Å². The van der Waals surface area contributed by atoms with E-state index in [1.54, 1.807) is 0 Å². The molecule has 0 aromatic heterocycles. The number of ether oxygens (including phenoxy) is 2. The summed E-state index contributed by atoms with van der Waals surface area (Å²) >= 11 is 0. The number of allylic oxidation sites excluding steroid dienone is 12. The van der Waals surface area contributed by atoms with Gasteiger partial charge in [-0.05, 0) is 51.4 Å². The molecule has 66 heavy (non-hydrogen) atoms. The lowest BCUT2D eigenvalue weighted by Crippen LogP contribution is -2.64. The van der Waals surface area contributed by atoms with Crippen LogP contribution in [0.15, 0.2) is 72.9 Å². The zero-order chi connectivity index (χ0) is 48.5. The Bertz CT molecular complexity index is 1430. The van der Waals surface area contributed by atoms with Crippen LogP contribution in [-0.2, 0) is 32.7 Å². The second-order valence-corrected chi connectivity index (χ2v) is 18.7. The van der Waals surface area contributed by atoms with Crippen molar-refractivity contribution < 1.29 is 63.1 Å². The minimum absolute atomic E-state index is 0.0300. The van der Waals surface area contributed by atoms with Gasteiger partial charge in [0.05, 0.1) is 6.61 Å². The van der Waals surface area contributed by atoms with E-state index in [0.717, 1.165) is 51.4 Å². The molecule has 0 heterocycles. The first-order chi connectivity index (χ1) is 31.9. The lowest BCUT2D eigenvalue weighted by Gasteiger charge is -2.41. The van der Waals surface area contributed by atoms with Crippen LogP contribution in [0, 0.1) is 0 Å². The van der Waals surface area contributed by atoms with Crippen LogP contribution >= 0.6 is 7.82 Å². The summed E-state index contributed by atoms with van der Waals surface area (Å²) in [4.78, 5) is 35.8. The summed E-state index contributed by atoms with van der Waals surface area (Å²) < 4.78 is 33.5. The summed E-state index contributed by atoms with van der Waals surface area (Å²) in [6.45, 7) is 3.14. The molecule has 0 spiro atoms. The second-order valence-electron chi connectivity index (χ2n) is 17.3. The van der Waals surface area contributed by atoms with Crippen molar-refractivity contribution in [1.82, 2.24) is 0 Å². The molecule has 3 unspecified atom stereocenters. The molecule has 0 aromatic carbocycles. The van der Waals surface area contributed by atoms with E-state index in [9.17, 15) is 44.6 Å². The summed E-state index contributed by atoms with van der Waals surface area (Å²) in [5, 5.41) is 50.2. The van der Waals surface area contributed by atoms with Crippen molar-refractivity contribution in [1.29, 1.82) is 0 Å². The molecular formula is C52H89O13P. The first kappa shape index (κ1) is 61.3. The Kier molecular flexibility index (Phi) is 38.3. The number of hydrogen-bond acceptors (Lipinski definition) is 12. The largest absolute Gasteiger partial charge is 0.472 e. The maximum absolute atomic E-state index is 12.8. The van der Waals surface area contributed by atoms with Crippen molar-refractivity contribution in [2.24, 2.45) is 0 Å². The van der Waals surface area contributed by atoms with Crippen LogP contribution in [0.4, 0.5) is 0 Å². The molecule has 1 aliphatic carbocycles. The van der Waals surface area contributed by atoms with Gasteiger partial charge in [-0.3, -0.25) is 18.6 Å². The first-order valence-corrected chi connectivity index (χ1v) is 26.7. The topological polar surface area (TPSA) is 210 Å². The van der Waals surface area contributed by atoms with Crippen molar-refractivity contribution in [2.45, 2.75) is 230 Å². The zero-order valence-electron chi connectivity index (χ0n) is 40.5. The lowest BCUT2D eigenvalue weighted by molar-refractivity contribution is -0.220. The Morgan fingerprint density at radius 1 is 0.485 bits per heavy atom. The average molecular weight is 953 g/mol. The van der Waals surface area contributed by atoms with Crippen LogP contribution in [0.5, 0.6) is 0 Å². The Morgan fingerprint density at radius 2 is 0.864 bits per heavy atom. The summed E-state index contributed by atoms with van der Waals surface area (Å²) in [6.07, 6.45) is 39.6. The van der Waals surface area contributed by atoms with E-state index in [-0.39, 0.29) is 12.8 Å². The smallest absolute Gasteiger partial charge is 0.462 e. The van der Waals surface area contributed by atoms with Crippen molar-refractivity contribution >= 4 is 19.8 Å². The summed E-state index contributed by atoms with van der Waals surface area (Å²) in [6, 6.07) is 0. The number of unbranched alkanes of at least 4 members (excludes halogenated alkanes) is 17. The number of aliphatic hydroxyl groups is 5. The van der Waals surface area contributed by atoms with Crippen LogP contribution in [0.2, 0.25) is 0 Å². The highest BCUT2D eigenvalue weighted by molar-refractivity contribution is 7.47. The van der Waals surface area contributed by atoms with Crippen LogP contribution in [0.1, 0.15) is 187 Å². The molecule has 1 rings (SSSR count). The van der Waals surface area contributed by atoms with Crippen LogP contribution in [0.3, 0.4) is 0 Å². The minimum atomic E-state index is -5.14. The average Bonchev–Trinajstić information content (AvgIpc) is 3.30. The van der Waals surface area contributed by atoms with Gasteiger partial charge in [0, 0.05) is 12.8 Å². The molecule has 1 fully saturated rings. The Labute approximate surface area is 397 Å². The van der Waals surface area contributed by atoms with Gasteiger partial charge in [0.2, 0.25) is 0 Å². The molecule has 6 N–H and O–H groups in total. The molecule has 13 nitrogen and oxygen atoms in total. The molecule has 14 heteroatoms. The maximum Gasteiger partial charge on any atom is 0.472 e. The highest BCUT2D eigenvalue weighted by Gasteiger charge is 2.51. The summed E-state index contributed by atoms with van der Waals surface area (Å²) in [5.74, 6) is -1.20. The van der Waals surface area contributed by atoms with Gasteiger partial charge in [0.25, 0.3) is 0 Å². The van der Waals surface area contributed by atoms with E-state index < -0.39 is 75.7 Å². The maximum atomic E-state index is 12.8. The number of phosphoric ester groups is 1. The van der Waals surface area contributed by atoms with Gasteiger partial charge in [0.1, 0.15) is 43.2 Å². The second kappa shape index (κ2) is 41.3. The molecule has 1 aliphatic rings. The quantitative estimate of drug-likeness (QED) is 0.0146. The van der Waals surface area contributed by atoms with Crippen molar-refractivity contribution in [3.05, 3.63) is 72.9 Å². The van der Waals surface area contributed by atoms with Gasteiger partial charge in [-0.1, -0.05) is 196 Å². The van der Waals surface area contributed by atoms with Gasteiger partial charge in [0.15, 0.2) is 6.10 Å². The number of carbonyl (C=O) groups is 2. The monoisotopic (exact) mass is 953 g/mol. The number of aliphatic hydroxyl groups excluding tert-OH is 5. The SMILES string of the molecule is CC/C=C\C/C=C\C/C=C\C/C=C\C/C=C\C/C=C\CCC(=O)O[C@H](COC(=O)CCCCCCCCCCCCCCCCCCCC)COP(=O)(O)OC1[C@H](O)[C@H](O)C(O)[C@H](O)[C@H]1O. The third-order valence-corrected chi connectivity index (χ3v) is 12.3. The molecular weight excluding hydrogens is 864 g/mol. The highest BCUT2D eigenvalue weighted by atomic mass is 31.2. The molecule has 0 aromatic rings. The van der Waals surface area contributed by atoms with Crippen molar-refractivity contribution in [2.75, 3.05) is 13.2 Å². The molecule has 0 amide bonds. The molecule has 0 radical (unpaired) electrons. The van der Waals surface area contributed by atoms with E-state index >= 15 is 0 Å². The predicted molar refractivity (Wildman–Crippen MR) is 262 cm³/mol. The lowest BCUT2D eigenvalue weighted by atomic mass is 9.85. The third-order valence-electron chi connectivity index (χ3n) is 11.3. The fourth-order valence-electron chi connectivity index (χ4n) is 7.31. The van der Waals surface area contributed by atoms with Gasteiger partial charge in [-0.25, -0.2) is 4.57 Å². The molecule has 1 saturated carbocycles. The molecule has 380 valence electrons. The summed E-state index contributed by atoms with van der Waals surface area (Å²) in [5.41, 5.74) is 0. The Balaban J connectivity index is 2.47. The number of phosphoric acid groups is 1. The highest BCUT2D eigenvalue weighted by Crippen LogP contribution is 2.47. The van der Waals surface area contributed by atoms with E-state index in [4.69, 9.17) is 18.5 Å². The molecule has 0 aliphatic heterocycles. The molecule has 8 atom stereocenters. The van der Waals surface area contributed by atoms with Gasteiger partial charge in [-0.15, -0.1) is 0 Å². The first-order valence-electron chi connectivity index (χ1n) is 25.2. The fraction of sp³-hybridized carbons (Fsp3) is 0.731. The van der Waals surface area contributed by atoms with E-state index in [2.05, 4.69) is 68.5 Å². The Hall–Kier alpha value is -2.71. The predicted octanol–water partition coefficient (Wildman–Crippen LogP) is 10.7. The van der Waals surface area contributed by atoms with Crippen molar-refractivity contribution in [3.8, 4) is 0 Å². The fourth-order valence-corrected chi connectivity index (χ4v) is 8.29. The van der Waals surface area contributed by atoms with Crippen LogP contribution in [0.25, 0.3) is 0 Å². The minimum Gasteiger partial charge on any atom is -0.462 e. The number of esters is 2. The zero-order valence-corrected chi connectivity index (χ0v) is 41.4. The number of hydrogen-bond donors (Lipinski definition) is 6. The number of carbonyl (C=O) groups excluding carboxylic acids is 2. The molecule has 0 bridgehead atoms. The summed E-state index contributed by atoms with van der Waals surface area (Å²) in [7, 11) is -5.14. The van der Waals surface area contributed by atoms with Gasteiger partial charge in [-0.2, -0.15) is 0 Å². The van der Waals surface area contributed by atoms with E-state index in [1.807, 2.05) is 18.2 Å². The van der Waals surface area contributed by atoms with Gasteiger partial charge < -0.3 is 39.9 Å². The number of rotatable bonds is 41. The normalized spacial score (nSPS) is 21.9. The van der Waals surface area contributed by atoms with E-state index in [1.165, 1.54) is 89.9 Å². The van der Waals surface area contributed by atoms with Gasteiger partial charge >= 0.3 is 19.8 Å². The van der Waals surface area contributed by atoms with Crippen molar-refractivity contribution in [3.63, 3.8) is 0 Å². The molecule has 0 saturated heterocycles. The van der Waals surface area contributed by atoms with E-state index in [0.29, 0.717) is 19.3 Å². The Morgan fingerprint density at radius 3 is 1.29 bits per heavy atom. The van der Waals surface area contributed by atoms with Crippen LogP contribution in [-0.4, -0.2) is 98.3 Å². The third kappa shape index (κ3) is 32.9. The standard InChI is InChI=1S/C52H89O13P/c1-3-5-7-9-11-13-15-17-19-21-23-25-27-29-31-33-35-37-39-41-46(54)64-44(43-63-66(60,61)65-52-50(58)48(56)47(55)49(57)51(52)59)42-62-45(53)40-38-36-34-32-30-28-26-24-22-20-18-16-14-12-10-8-6-4-2/h5,7,11,13,17,19,23,25,29,31,35,37,44,47-52,55-59H,3-4,6,8-10,12,14-16,18,20-22,24,26-28,30,32-34,36,38-43H2,1-2H3,(H,60,61)/b7-5-,13-11-,19-17-,25-23-,31-29-,37-35-/t44-,47?,48-,49+,50-,51-,52?/m1/s1.